The number of hydrogen-bond donors (Lipinski definition) is 1. The molecule has 2 aromatic carbocycles. The van der Waals surface area contributed by atoms with Crippen LogP contribution in [0.3, 0.4) is 0 Å². The number of anilines is 1. The van der Waals surface area contributed by atoms with E-state index >= 15 is 0 Å². The normalized spacial score (nSPS) is 10.4. The van der Waals surface area contributed by atoms with E-state index in [0.29, 0.717) is 16.6 Å². The Morgan fingerprint density at radius 3 is 2.33 bits per heavy atom. The Bertz CT molecular complexity index is 547. The minimum atomic E-state index is 0.641. The van der Waals surface area contributed by atoms with Gasteiger partial charge in [0.2, 0.25) is 0 Å². The first-order chi connectivity index (χ1) is 8.56. The van der Waals surface area contributed by atoms with E-state index in [-0.39, 0.29) is 0 Å². The van der Waals surface area contributed by atoms with Crippen LogP contribution < -0.4 is 5.32 Å². The molecule has 0 radical (unpaired) electrons. The zero-order valence-electron chi connectivity index (χ0n) is 9.81. The molecule has 0 heterocycles. The van der Waals surface area contributed by atoms with Crippen molar-refractivity contribution in [2.24, 2.45) is 0 Å². The summed E-state index contributed by atoms with van der Waals surface area (Å²) in [6, 6.07) is 11.3. The van der Waals surface area contributed by atoms with Gasteiger partial charge in [-0.05, 0) is 48.4 Å². The highest BCUT2D eigenvalue weighted by molar-refractivity contribution is 6.34. The fraction of sp³-hybridized carbons (Fsp3) is 0.143. The SMILES string of the molecule is Cc1c(Cl)cccc1NCc1cc(Cl)cc(Cl)c1. The lowest BCUT2D eigenvalue weighted by molar-refractivity contribution is 1.14. The Labute approximate surface area is 122 Å². The van der Waals surface area contributed by atoms with Crippen molar-refractivity contribution in [2.45, 2.75) is 13.5 Å². The summed E-state index contributed by atoms with van der Waals surface area (Å²) in [5.41, 5.74) is 3.08. The van der Waals surface area contributed by atoms with E-state index in [4.69, 9.17) is 34.8 Å². The Balaban J connectivity index is 2.14. The van der Waals surface area contributed by atoms with Crippen LogP contribution in [0.15, 0.2) is 36.4 Å². The molecule has 0 fully saturated rings. The van der Waals surface area contributed by atoms with Gasteiger partial charge in [0.05, 0.1) is 0 Å². The molecule has 1 N–H and O–H groups in total. The van der Waals surface area contributed by atoms with Crippen LogP contribution in [-0.4, -0.2) is 0 Å². The lowest BCUT2D eigenvalue weighted by atomic mass is 10.1. The minimum Gasteiger partial charge on any atom is -0.381 e. The predicted molar refractivity (Wildman–Crippen MR) is 80.0 cm³/mol. The smallest absolute Gasteiger partial charge is 0.0455 e. The molecule has 0 aromatic heterocycles. The van der Waals surface area contributed by atoms with Crippen LogP contribution in [0, 0.1) is 6.92 Å². The Morgan fingerprint density at radius 2 is 1.67 bits per heavy atom. The highest BCUT2D eigenvalue weighted by Gasteiger charge is 2.03. The van der Waals surface area contributed by atoms with Gasteiger partial charge in [-0.25, -0.2) is 0 Å². The minimum absolute atomic E-state index is 0.641. The fourth-order valence-electron chi connectivity index (χ4n) is 1.71. The van der Waals surface area contributed by atoms with Crippen molar-refractivity contribution in [3.8, 4) is 0 Å². The van der Waals surface area contributed by atoms with E-state index in [1.165, 1.54) is 0 Å². The zero-order chi connectivity index (χ0) is 13.1. The molecule has 18 heavy (non-hydrogen) atoms. The lowest BCUT2D eigenvalue weighted by Crippen LogP contribution is -2.01. The molecule has 0 unspecified atom stereocenters. The van der Waals surface area contributed by atoms with Crippen molar-refractivity contribution in [3.63, 3.8) is 0 Å². The van der Waals surface area contributed by atoms with Gasteiger partial charge in [-0.1, -0.05) is 40.9 Å². The summed E-state index contributed by atoms with van der Waals surface area (Å²) in [5.74, 6) is 0. The van der Waals surface area contributed by atoms with E-state index in [0.717, 1.165) is 21.8 Å². The molecule has 0 amide bonds. The standard InChI is InChI=1S/C14H12Cl3N/c1-9-13(17)3-2-4-14(9)18-8-10-5-11(15)7-12(16)6-10/h2-7,18H,8H2,1H3. The van der Waals surface area contributed by atoms with Crippen LogP contribution in [0.2, 0.25) is 15.1 Å². The molecule has 0 aliphatic carbocycles. The van der Waals surface area contributed by atoms with Gasteiger partial charge in [0.25, 0.3) is 0 Å². The van der Waals surface area contributed by atoms with Crippen molar-refractivity contribution >= 4 is 40.5 Å². The summed E-state index contributed by atoms with van der Waals surface area (Å²) in [5, 5.41) is 5.36. The molecule has 0 aliphatic rings. The topological polar surface area (TPSA) is 12.0 Å². The number of halogens is 3. The first kappa shape index (κ1) is 13.5. The third-order valence-corrected chi connectivity index (χ3v) is 3.52. The van der Waals surface area contributed by atoms with Crippen LogP contribution in [-0.2, 0) is 6.54 Å². The third kappa shape index (κ3) is 3.32. The van der Waals surface area contributed by atoms with E-state index in [9.17, 15) is 0 Å². The summed E-state index contributed by atoms with van der Waals surface area (Å²) in [6.07, 6.45) is 0. The van der Waals surface area contributed by atoms with Gasteiger partial charge in [0, 0.05) is 27.3 Å². The van der Waals surface area contributed by atoms with Gasteiger partial charge in [-0.15, -0.1) is 0 Å². The molecule has 0 atom stereocenters. The average molecular weight is 301 g/mol. The molecule has 0 saturated carbocycles. The molecule has 0 bridgehead atoms. The van der Waals surface area contributed by atoms with Crippen LogP contribution in [0.5, 0.6) is 0 Å². The largest absolute Gasteiger partial charge is 0.381 e. The molecule has 1 nitrogen and oxygen atoms in total. The van der Waals surface area contributed by atoms with Gasteiger partial charge >= 0.3 is 0 Å². The lowest BCUT2D eigenvalue weighted by Gasteiger charge is -2.11. The third-order valence-electron chi connectivity index (χ3n) is 2.67. The second-order valence-corrected chi connectivity index (χ2v) is 5.32. The molecule has 0 saturated heterocycles. The summed E-state index contributed by atoms with van der Waals surface area (Å²) in [7, 11) is 0. The Hall–Kier alpha value is -0.890. The second-order valence-electron chi connectivity index (χ2n) is 4.04. The van der Waals surface area contributed by atoms with Gasteiger partial charge in [-0.2, -0.15) is 0 Å². The molecule has 4 heteroatoms. The van der Waals surface area contributed by atoms with Gasteiger partial charge < -0.3 is 5.32 Å². The quantitative estimate of drug-likeness (QED) is 0.781. The second kappa shape index (κ2) is 5.83. The van der Waals surface area contributed by atoms with Gasteiger partial charge in [0.15, 0.2) is 0 Å². The monoisotopic (exact) mass is 299 g/mol. The van der Waals surface area contributed by atoms with Gasteiger partial charge in [0.1, 0.15) is 0 Å². The van der Waals surface area contributed by atoms with Gasteiger partial charge in [-0.3, -0.25) is 0 Å². The molecule has 2 rings (SSSR count). The molecule has 2 aromatic rings. The summed E-state index contributed by atoms with van der Waals surface area (Å²) < 4.78 is 0. The molecule has 0 aliphatic heterocycles. The number of hydrogen-bond acceptors (Lipinski definition) is 1. The highest BCUT2D eigenvalue weighted by Crippen LogP contribution is 2.24. The van der Waals surface area contributed by atoms with Crippen molar-refractivity contribution in [3.05, 3.63) is 62.6 Å². The predicted octanol–water partition coefficient (Wildman–Crippen LogP) is 5.57. The van der Waals surface area contributed by atoms with Crippen molar-refractivity contribution in [2.75, 3.05) is 5.32 Å². The number of rotatable bonds is 3. The van der Waals surface area contributed by atoms with E-state index in [1.54, 1.807) is 6.07 Å². The maximum absolute atomic E-state index is 6.06. The van der Waals surface area contributed by atoms with Crippen LogP contribution >= 0.6 is 34.8 Å². The molecular weight excluding hydrogens is 289 g/mol. The zero-order valence-corrected chi connectivity index (χ0v) is 12.1. The summed E-state index contributed by atoms with van der Waals surface area (Å²) >= 11 is 18.0. The maximum Gasteiger partial charge on any atom is 0.0455 e. The number of nitrogens with one attached hydrogen (secondary N) is 1. The summed E-state index contributed by atoms with van der Waals surface area (Å²) in [4.78, 5) is 0. The van der Waals surface area contributed by atoms with E-state index in [1.807, 2.05) is 37.3 Å². The van der Waals surface area contributed by atoms with Crippen LogP contribution in [0.4, 0.5) is 5.69 Å². The molecule has 94 valence electrons. The van der Waals surface area contributed by atoms with Crippen molar-refractivity contribution < 1.29 is 0 Å². The van der Waals surface area contributed by atoms with Crippen LogP contribution in [0.1, 0.15) is 11.1 Å². The fourth-order valence-corrected chi connectivity index (χ4v) is 2.46. The van der Waals surface area contributed by atoms with E-state index in [2.05, 4.69) is 5.32 Å². The first-order valence-electron chi connectivity index (χ1n) is 5.50. The highest BCUT2D eigenvalue weighted by atomic mass is 35.5. The Morgan fingerprint density at radius 1 is 1.00 bits per heavy atom. The molecule has 0 spiro atoms. The Kier molecular flexibility index (Phi) is 4.39. The number of benzene rings is 2. The first-order valence-corrected chi connectivity index (χ1v) is 6.63. The maximum atomic E-state index is 6.06. The van der Waals surface area contributed by atoms with E-state index < -0.39 is 0 Å². The van der Waals surface area contributed by atoms with Crippen LogP contribution in [0.25, 0.3) is 0 Å². The molecular formula is C14H12Cl3N. The summed E-state index contributed by atoms with van der Waals surface area (Å²) in [6.45, 7) is 2.64. The van der Waals surface area contributed by atoms with Crippen molar-refractivity contribution in [1.29, 1.82) is 0 Å². The van der Waals surface area contributed by atoms with Crippen molar-refractivity contribution in [1.82, 2.24) is 0 Å². The average Bonchev–Trinajstić information content (AvgIpc) is 2.30.